The van der Waals surface area contributed by atoms with Crippen LogP contribution in [0.2, 0.25) is 0 Å². The molecule has 3 N–H and O–H groups in total. The van der Waals surface area contributed by atoms with Crippen LogP contribution in [0.25, 0.3) is 0 Å². The number of rotatable bonds is 5. The SMILES string of the molecule is CCOc1ccc(NC(=S)N2CCC(NC(=O)NC34CC5CC(CC(C5)C3)C4)CC2)cc1. The monoisotopic (exact) mass is 456 g/mol. The molecule has 6 nitrogen and oxygen atoms in total. The Kier molecular flexibility index (Phi) is 6.19. The molecule has 2 amide bonds. The molecule has 1 aromatic rings. The molecular formula is C25H36N4O2S. The lowest BCUT2D eigenvalue weighted by Gasteiger charge is -2.56. The molecule has 32 heavy (non-hydrogen) atoms. The zero-order valence-electron chi connectivity index (χ0n) is 19.1. The lowest BCUT2D eigenvalue weighted by molar-refractivity contribution is -0.0137. The molecular weight excluding hydrogens is 420 g/mol. The summed E-state index contributed by atoms with van der Waals surface area (Å²) in [6.07, 6.45) is 9.59. The molecule has 4 aliphatic carbocycles. The summed E-state index contributed by atoms with van der Waals surface area (Å²) in [4.78, 5) is 15.0. The van der Waals surface area contributed by atoms with Gasteiger partial charge in [-0.05, 0) is 113 Å². The highest BCUT2D eigenvalue weighted by atomic mass is 32.1. The van der Waals surface area contributed by atoms with Gasteiger partial charge in [-0.3, -0.25) is 0 Å². The Balaban J connectivity index is 1.06. The number of benzene rings is 1. The van der Waals surface area contributed by atoms with Gasteiger partial charge in [0.25, 0.3) is 0 Å². The Hall–Kier alpha value is -2.02. The summed E-state index contributed by atoms with van der Waals surface area (Å²) in [5, 5.41) is 10.8. The second kappa shape index (κ2) is 9.08. The first-order valence-corrected chi connectivity index (χ1v) is 12.8. The van der Waals surface area contributed by atoms with Crippen molar-refractivity contribution in [2.45, 2.75) is 69.9 Å². The lowest BCUT2D eigenvalue weighted by atomic mass is 9.53. The second-order valence-electron chi connectivity index (χ2n) is 10.4. The predicted molar refractivity (Wildman–Crippen MR) is 131 cm³/mol. The van der Waals surface area contributed by atoms with E-state index in [1.54, 1.807) is 0 Å². The van der Waals surface area contributed by atoms with Gasteiger partial charge >= 0.3 is 6.03 Å². The lowest BCUT2D eigenvalue weighted by Crippen LogP contribution is -2.62. The van der Waals surface area contributed by atoms with Gasteiger partial charge in [0, 0.05) is 30.4 Å². The number of anilines is 1. The smallest absolute Gasteiger partial charge is 0.315 e. The molecule has 1 aromatic carbocycles. The van der Waals surface area contributed by atoms with E-state index in [-0.39, 0.29) is 17.6 Å². The number of nitrogens with one attached hydrogen (secondary N) is 3. The molecule has 0 atom stereocenters. The highest BCUT2D eigenvalue weighted by Gasteiger charge is 2.51. The summed E-state index contributed by atoms with van der Waals surface area (Å²) in [6, 6.07) is 8.13. The summed E-state index contributed by atoms with van der Waals surface area (Å²) in [5.41, 5.74) is 1.04. The Morgan fingerprint density at radius 2 is 1.66 bits per heavy atom. The zero-order chi connectivity index (χ0) is 22.1. The summed E-state index contributed by atoms with van der Waals surface area (Å²) < 4.78 is 5.49. The fourth-order valence-corrected chi connectivity index (χ4v) is 7.26. The fourth-order valence-electron chi connectivity index (χ4n) is 6.96. The number of carbonyl (C=O) groups is 1. The number of amides is 2. The third-order valence-electron chi connectivity index (χ3n) is 7.95. The van der Waals surface area contributed by atoms with Gasteiger partial charge in [-0.15, -0.1) is 0 Å². The van der Waals surface area contributed by atoms with E-state index in [2.05, 4.69) is 20.9 Å². The number of urea groups is 1. The molecule has 0 unspecified atom stereocenters. The average molecular weight is 457 g/mol. The van der Waals surface area contributed by atoms with Crippen LogP contribution in [0.4, 0.5) is 10.5 Å². The van der Waals surface area contributed by atoms with Crippen LogP contribution in [0.3, 0.4) is 0 Å². The van der Waals surface area contributed by atoms with E-state index in [1.807, 2.05) is 31.2 Å². The molecule has 5 fully saturated rings. The van der Waals surface area contributed by atoms with Crippen LogP contribution < -0.4 is 20.7 Å². The van der Waals surface area contributed by atoms with E-state index >= 15 is 0 Å². The number of nitrogens with zero attached hydrogens (tertiary/aromatic N) is 1. The first kappa shape index (κ1) is 21.8. The topological polar surface area (TPSA) is 65.6 Å². The van der Waals surface area contributed by atoms with Crippen molar-refractivity contribution >= 4 is 29.0 Å². The minimum atomic E-state index is 0.0421. The Labute approximate surface area is 196 Å². The van der Waals surface area contributed by atoms with E-state index in [1.165, 1.54) is 38.5 Å². The minimum absolute atomic E-state index is 0.0421. The van der Waals surface area contributed by atoms with Crippen LogP contribution in [0.5, 0.6) is 5.75 Å². The van der Waals surface area contributed by atoms with Crippen molar-refractivity contribution in [1.29, 1.82) is 0 Å². The highest BCUT2D eigenvalue weighted by Crippen LogP contribution is 2.55. The van der Waals surface area contributed by atoms with Crippen molar-refractivity contribution in [2.24, 2.45) is 17.8 Å². The van der Waals surface area contributed by atoms with Gasteiger partial charge in [0.1, 0.15) is 5.75 Å². The van der Waals surface area contributed by atoms with Crippen LogP contribution in [0.1, 0.15) is 58.3 Å². The van der Waals surface area contributed by atoms with E-state index < -0.39 is 0 Å². The molecule has 7 heteroatoms. The number of thiocarbonyl (C=S) groups is 1. The standard InChI is InChI=1S/C25H36N4O2S/c1-2-31-22-5-3-20(4-6-22)27-24(32)29-9-7-21(8-10-29)26-23(30)28-25-14-17-11-18(15-25)13-19(12-17)16-25/h3-6,17-19,21H,2,7-16H2,1H3,(H,27,32)(H2,26,28,30). The third-order valence-corrected chi connectivity index (χ3v) is 8.31. The van der Waals surface area contributed by atoms with Crippen molar-refractivity contribution in [3.63, 3.8) is 0 Å². The molecule has 4 bridgehead atoms. The van der Waals surface area contributed by atoms with Crippen LogP contribution in [-0.2, 0) is 0 Å². The van der Waals surface area contributed by atoms with Gasteiger partial charge in [-0.25, -0.2) is 4.79 Å². The van der Waals surface area contributed by atoms with Gasteiger partial charge in [-0.2, -0.15) is 0 Å². The van der Waals surface area contributed by atoms with Gasteiger partial charge in [0.05, 0.1) is 6.61 Å². The Bertz CT molecular complexity index is 800. The molecule has 1 aliphatic heterocycles. The molecule has 1 heterocycles. The molecule has 0 radical (unpaired) electrons. The van der Waals surface area contributed by atoms with Crippen molar-refractivity contribution < 1.29 is 9.53 Å². The van der Waals surface area contributed by atoms with Crippen LogP contribution in [0.15, 0.2) is 24.3 Å². The van der Waals surface area contributed by atoms with E-state index in [9.17, 15) is 4.79 Å². The largest absolute Gasteiger partial charge is 0.494 e. The van der Waals surface area contributed by atoms with Gasteiger partial charge in [0.2, 0.25) is 0 Å². The van der Waals surface area contributed by atoms with E-state index in [0.29, 0.717) is 6.61 Å². The van der Waals surface area contributed by atoms with Crippen molar-refractivity contribution in [3.8, 4) is 5.75 Å². The first-order valence-electron chi connectivity index (χ1n) is 12.4. The maximum absolute atomic E-state index is 12.8. The average Bonchev–Trinajstić information content (AvgIpc) is 2.74. The zero-order valence-corrected chi connectivity index (χ0v) is 19.9. The molecule has 5 aliphatic rings. The first-order chi connectivity index (χ1) is 15.5. The summed E-state index contributed by atoms with van der Waals surface area (Å²) in [6.45, 7) is 4.34. The number of ether oxygens (including phenoxy) is 1. The van der Waals surface area contributed by atoms with Gasteiger partial charge in [0.15, 0.2) is 5.11 Å². The van der Waals surface area contributed by atoms with Crippen molar-refractivity contribution in [2.75, 3.05) is 25.0 Å². The molecule has 0 aromatic heterocycles. The molecule has 0 spiro atoms. The van der Waals surface area contributed by atoms with E-state index in [4.69, 9.17) is 17.0 Å². The van der Waals surface area contributed by atoms with Crippen LogP contribution >= 0.6 is 12.2 Å². The Morgan fingerprint density at radius 1 is 1.06 bits per heavy atom. The molecule has 6 rings (SSSR count). The molecule has 1 saturated heterocycles. The summed E-state index contributed by atoms with van der Waals surface area (Å²) in [7, 11) is 0. The van der Waals surface area contributed by atoms with Crippen LogP contribution in [-0.4, -0.2) is 47.3 Å². The minimum Gasteiger partial charge on any atom is -0.494 e. The van der Waals surface area contributed by atoms with Crippen molar-refractivity contribution in [3.05, 3.63) is 24.3 Å². The number of hydrogen-bond acceptors (Lipinski definition) is 3. The number of likely N-dealkylation sites (tertiary alicyclic amines) is 1. The quantitative estimate of drug-likeness (QED) is 0.569. The van der Waals surface area contributed by atoms with E-state index in [0.717, 1.165) is 60.2 Å². The number of piperidine rings is 1. The van der Waals surface area contributed by atoms with Gasteiger partial charge < -0.3 is 25.6 Å². The highest BCUT2D eigenvalue weighted by molar-refractivity contribution is 7.80. The molecule has 174 valence electrons. The maximum Gasteiger partial charge on any atom is 0.315 e. The fraction of sp³-hybridized carbons (Fsp3) is 0.680. The summed E-state index contributed by atoms with van der Waals surface area (Å²) in [5.74, 6) is 3.39. The number of carbonyl (C=O) groups excluding carboxylic acids is 1. The van der Waals surface area contributed by atoms with Crippen molar-refractivity contribution in [1.82, 2.24) is 15.5 Å². The third kappa shape index (κ3) is 4.82. The normalized spacial score (nSPS) is 31.3. The van der Waals surface area contributed by atoms with Crippen LogP contribution in [0, 0.1) is 17.8 Å². The Morgan fingerprint density at radius 3 is 2.22 bits per heavy atom. The molecule has 4 saturated carbocycles. The second-order valence-corrected chi connectivity index (χ2v) is 10.8. The number of hydrogen-bond donors (Lipinski definition) is 3. The predicted octanol–water partition coefficient (Wildman–Crippen LogP) is 4.51. The maximum atomic E-state index is 12.8. The summed E-state index contributed by atoms with van der Waals surface area (Å²) >= 11 is 5.62. The van der Waals surface area contributed by atoms with Gasteiger partial charge in [-0.1, -0.05) is 0 Å².